The molecule has 4 aromatic rings. The topological polar surface area (TPSA) is 107 Å². The Bertz CT molecular complexity index is 1490. The maximum absolute atomic E-state index is 11.8. The third-order valence-corrected chi connectivity index (χ3v) is 9.54. The molecule has 1 aromatic carbocycles. The van der Waals surface area contributed by atoms with Crippen LogP contribution in [0.3, 0.4) is 0 Å². The average molecular weight is 594 g/mol. The number of fused-ring (bicyclic) bond motifs is 3. The van der Waals surface area contributed by atoms with E-state index in [4.69, 9.17) is 15.5 Å². The zero-order valence-corrected chi connectivity index (χ0v) is 23.5. The number of hydrogen-bond acceptors (Lipinski definition) is 8. The highest BCUT2D eigenvalue weighted by molar-refractivity contribution is 9.11. The van der Waals surface area contributed by atoms with Gasteiger partial charge in [0.25, 0.3) is 0 Å². The van der Waals surface area contributed by atoms with Crippen molar-refractivity contribution in [1.82, 2.24) is 23.7 Å². The Morgan fingerprint density at radius 2 is 1.86 bits per heavy atom. The second-order valence-corrected chi connectivity index (χ2v) is 13.4. The molecule has 1 fully saturated rings. The van der Waals surface area contributed by atoms with Gasteiger partial charge in [-0.15, -0.1) is 11.3 Å². The van der Waals surface area contributed by atoms with Crippen LogP contribution in [0.5, 0.6) is 5.75 Å². The van der Waals surface area contributed by atoms with Crippen molar-refractivity contribution < 1.29 is 13.2 Å². The second-order valence-electron chi connectivity index (χ2n) is 9.03. The van der Waals surface area contributed by atoms with Crippen molar-refractivity contribution in [2.24, 2.45) is 0 Å². The van der Waals surface area contributed by atoms with E-state index in [1.807, 2.05) is 18.2 Å². The number of methoxy groups -OCH3 is 1. The van der Waals surface area contributed by atoms with E-state index >= 15 is 0 Å². The molecule has 0 saturated carbocycles. The lowest BCUT2D eigenvalue weighted by Gasteiger charge is -2.33. The number of anilines is 1. The van der Waals surface area contributed by atoms with Crippen LogP contribution in [-0.4, -0.2) is 78.2 Å². The number of hydrogen-bond donors (Lipinski definition) is 1. The van der Waals surface area contributed by atoms with Crippen molar-refractivity contribution in [3.8, 4) is 5.75 Å². The van der Waals surface area contributed by atoms with E-state index in [0.717, 1.165) is 74.6 Å². The quantitative estimate of drug-likeness (QED) is 0.333. The van der Waals surface area contributed by atoms with Crippen LogP contribution in [0, 0.1) is 0 Å². The summed E-state index contributed by atoms with van der Waals surface area (Å²) in [5.41, 5.74) is 10.1. The molecule has 5 rings (SSSR count). The highest BCUT2D eigenvalue weighted by Gasteiger charge is 2.24. The highest BCUT2D eigenvalue weighted by atomic mass is 79.9. The molecular formula is C24H29BrN6O3S2. The first-order valence-corrected chi connectivity index (χ1v) is 15.2. The maximum atomic E-state index is 11.8. The van der Waals surface area contributed by atoms with Gasteiger partial charge in [-0.1, -0.05) is 12.1 Å². The fourth-order valence-corrected chi connectivity index (χ4v) is 7.12. The van der Waals surface area contributed by atoms with E-state index in [0.29, 0.717) is 25.5 Å². The molecule has 0 amide bonds. The number of piperazine rings is 1. The van der Waals surface area contributed by atoms with Crippen molar-refractivity contribution in [3.05, 3.63) is 45.5 Å². The Morgan fingerprint density at radius 3 is 2.53 bits per heavy atom. The predicted molar refractivity (Wildman–Crippen MR) is 148 cm³/mol. The molecule has 9 nitrogen and oxygen atoms in total. The molecule has 0 atom stereocenters. The SMILES string of the molecule is COc1ccc(Cn2c(CCCN3CCN(S(C)(=O)=O)CC3)nc3c(N)nc4cc(Br)sc4c32)cc1. The fourth-order valence-electron chi connectivity index (χ4n) is 4.72. The molecule has 192 valence electrons. The van der Waals surface area contributed by atoms with Gasteiger partial charge < -0.3 is 19.9 Å². The van der Waals surface area contributed by atoms with Crippen molar-refractivity contribution in [1.29, 1.82) is 0 Å². The van der Waals surface area contributed by atoms with Crippen LogP contribution in [0.1, 0.15) is 17.8 Å². The number of halogens is 1. The Hall–Kier alpha value is -2.25. The standard InChI is InChI=1S/C24H29BrN6O3S2/c1-34-17-7-5-16(6-8-17)15-31-20(4-3-9-29-10-12-30(13-11-29)36(2,32)33)28-21-22(31)23-18(27-24(21)26)14-19(25)35-23/h5-8,14H,3-4,9-13,15H2,1-2H3,(H2,26,27). The summed E-state index contributed by atoms with van der Waals surface area (Å²) in [6, 6.07) is 10.1. The lowest BCUT2D eigenvalue weighted by molar-refractivity contribution is 0.187. The molecule has 1 saturated heterocycles. The van der Waals surface area contributed by atoms with Crippen LogP contribution < -0.4 is 10.5 Å². The van der Waals surface area contributed by atoms with E-state index in [1.165, 1.54) is 6.26 Å². The lowest BCUT2D eigenvalue weighted by Crippen LogP contribution is -2.48. The number of nitrogen functional groups attached to an aromatic ring is 1. The molecule has 0 aliphatic carbocycles. The Morgan fingerprint density at radius 1 is 1.14 bits per heavy atom. The summed E-state index contributed by atoms with van der Waals surface area (Å²) in [7, 11) is -1.46. The highest BCUT2D eigenvalue weighted by Crippen LogP contribution is 2.37. The molecule has 3 aromatic heterocycles. The molecule has 2 N–H and O–H groups in total. The number of imidazole rings is 1. The summed E-state index contributed by atoms with van der Waals surface area (Å²) in [4.78, 5) is 11.9. The number of benzene rings is 1. The summed E-state index contributed by atoms with van der Waals surface area (Å²) in [6.45, 7) is 4.13. The lowest BCUT2D eigenvalue weighted by atomic mass is 10.2. The minimum Gasteiger partial charge on any atom is -0.497 e. The van der Waals surface area contributed by atoms with Crippen LogP contribution in [0.25, 0.3) is 21.3 Å². The van der Waals surface area contributed by atoms with E-state index in [9.17, 15) is 8.42 Å². The molecule has 1 aliphatic heterocycles. The number of rotatable bonds is 8. The summed E-state index contributed by atoms with van der Waals surface area (Å²) in [5.74, 6) is 2.24. The number of nitrogens with two attached hydrogens (primary N) is 1. The summed E-state index contributed by atoms with van der Waals surface area (Å²) in [5, 5.41) is 0. The number of aromatic nitrogens is 3. The number of aryl methyl sites for hydroxylation is 1. The monoisotopic (exact) mass is 592 g/mol. The van der Waals surface area contributed by atoms with Crippen molar-refractivity contribution in [3.63, 3.8) is 0 Å². The van der Waals surface area contributed by atoms with Gasteiger partial charge in [-0.05, 0) is 52.7 Å². The molecule has 0 radical (unpaired) electrons. The zero-order chi connectivity index (χ0) is 25.4. The number of ether oxygens (including phenoxy) is 1. The Labute approximate surface area is 223 Å². The van der Waals surface area contributed by atoms with Crippen molar-refractivity contribution in [2.45, 2.75) is 19.4 Å². The normalized spacial score (nSPS) is 15.8. The largest absolute Gasteiger partial charge is 0.497 e. The minimum atomic E-state index is -3.12. The molecule has 1 aliphatic rings. The van der Waals surface area contributed by atoms with E-state index in [-0.39, 0.29) is 0 Å². The zero-order valence-electron chi connectivity index (χ0n) is 20.3. The van der Waals surface area contributed by atoms with Crippen LogP contribution in [0.2, 0.25) is 0 Å². The second kappa shape index (κ2) is 10.3. The van der Waals surface area contributed by atoms with Gasteiger partial charge in [-0.2, -0.15) is 4.31 Å². The molecule has 0 bridgehead atoms. The summed E-state index contributed by atoms with van der Waals surface area (Å²) < 4.78 is 34.8. The average Bonchev–Trinajstić information content (AvgIpc) is 3.39. The van der Waals surface area contributed by atoms with Gasteiger partial charge in [0.2, 0.25) is 10.0 Å². The fraction of sp³-hybridized carbons (Fsp3) is 0.417. The first-order chi connectivity index (χ1) is 17.2. The summed E-state index contributed by atoms with van der Waals surface area (Å²) in [6.07, 6.45) is 2.97. The van der Waals surface area contributed by atoms with Crippen LogP contribution in [0.15, 0.2) is 34.1 Å². The Kier molecular flexibility index (Phi) is 7.23. The third-order valence-electron chi connectivity index (χ3n) is 6.60. The minimum absolute atomic E-state index is 0.439. The molecule has 0 unspecified atom stereocenters. The van der Waals surface area contributed by atoms with E-state index < -0.39 is 10.0 Å². The van der Waals surface area contributed by atoms with Crippen molar-refractivity contribution in [2.75, 3.05) is 51.8 Å². The number of pyridine rings is 1. The van der Waals surface area contributed by atoms with Gasteiger partial charge in [0.15, 0.2) is 5.82 Å². The van der Waals surface area contributed by atoms with Gasteiger partial charge in [0.1, 0.15) is 17.1 Å². The molecule has 12 heteroatoms. The smallest absolute Gasteiger partial charge is 0.211 e. The molecule has 4 heterocycles. The van der Waals surface area contributed by atoms with Gasteiger partial charge in [0.05, 0.1) is 32.9 Å². The predicted octanol–water partition coefficient (Wildman–Crippen LogP) is 3.56. The number of sulfonamides is 1. The van der Waals surface area contributed by atoms with Gasteiger partial charge >= 0.3 is 0 Å². The van der Waals surface area contributed by atoms with Crippen LogP contribution >= 0.6 is 27.3 Å². The third kappa shape index (κ3) is 5.23. The number of thiophene rings is 1. The van der Waals surface area contributed by atoms with E-state index in [1.54, 1.807) is 22.8 Å². The molecular weight excluding hydrogens is 564 g/mol. The first kappa shape index (κ1) is 25.4. The summed E-state index contributed by atoms with van der Waals surface area (Å²) >= 11 is 5.24. The van der Waals surface area contributed by atoms with Crippen LogP contribution in [0.4, 0.5) is 5.82 Å². The van der Waals surface area contributed by atoms with Gasteiger partial charge in [-0.3, -0.25) is 0 Å². The van der Waals surface area contributed by atoms with Gasteiger partial charge in [-0.25, -0.2) is 18.4 Å². The van der Waals surface area contributed by atoms with Crippen LogP contribution in [-0.2, 0) is 23.0 Å². The number of nitrogens with zero attached hydrogens (tertiary/aromatic N) is 5. The van der Waals surface area contributed by atoms with Crippen molar-refractivity contribution >= 4 is 64.4 Å². The molecule has 0 spiro atoms. The Balaban J connectivity index is 1.41. The van der Waals surface area contributed by atoms with E-state index in [2.05, 4.69) is 42.5 Å². The first-order valence-electron chi connectivity index (χ1n) is 11.8. The molecule has 36 heavy (non-hydrogen) atoms. The van der Waals surface area contributed by atoms with Gasteiger partial charge in [0, 0.05) is 39.1 Å². The maximum Gasteiger partial charge on any atom is 0.211 e.